The number of hydrogen-bond acceptors (Lipinski definition) is 4. The maximum absolute atomic E-state index is 11.5. The van der Waals surface area contributed by atoms with Gasteiger partial charge >= 0.3 is 7.60 Å². The number of aliphatic hydroxyl groups is 1. The van der Waals surface area contributed by atoms with E-state index in [2.05, 4.69) is 6.92 Å². The molecule has 0 aliphatic heterocycles. The summed E-state index contributed by atoms with van der Waals surface area (Å²) in [4.78, 5) is 18.7. The Labute approximate surface area is 121 Å². The zero-order valence-corrected chi connectivity index (χ0v) is 13.4. The molecule has 0 aromatic carbocycles. The van der Waals surface area contributed by atoms with Gasteiger partial charge in [-0.05, 0) is 12.8 Å². The Balaban J connectivity index is 4.35. The van der Waals surface area contributed by atoms with Crippen molar-refractivity contribution in [3.8, 4) is 0 Å². The van der Waals surface area contributed by atoms with Crippen molar-refractivity contribution in [2.75, 3.05) is 19.8 Å². The van der Waals surface area contributed by atoms with Gasteiger partial charge in [-0.1, -0.05) is 39.5 Å². The molecule has 0 aliphatic rings. The summed E-state index contributed by atoms with van der Waals surface area (Å²) in [5.41, 5.74) is 0. The fraction of sp³-hybridized carbons (Fsp3) is 1.00. The first-order chi connectivity index (χ1) is 9.47. The van der Waals surface area contributed by atoms with E-state index < -0.39 is 26.2 Å². The van der Waals surface area contributed by atoms with Crippen LogP contribution in [0.2, 0.25) is 0 Å². The van der Waals surface area contributed by atoms with Crippen LogP contribution in [-0.2, 0) is 14.0 Å². The summed E-state index contributed by atoms with van der Waals surface area (Å²) in [7, 11) is -4.46. The van der Waals surface area contributed by atoms with Gasteiger partial charge in [-0.3, -0.25) is 4.57 Å². The third-order valence-corrected chi connectivity index (χ3v) is 4.09. The third-order valence-electron chi connectivity index (χ3n) is 2.95. The first-order valence-corrected chi connectivity index (χ1v) is 9.04. The fourth-order valence-corrected chi connectivity index (χ4v) is 2.70. The number of aliphatic hydroxyl groups excluding tert-OH is 1. The fourth-order valence-electron chi connectivity index (χ4n) is 1.79. The Morgan fingerprint density at radius 3 is 1.85 bits per heavy atom. The molecule has 0 aliphatic carbocycles. The van der Waals surface area contributed by atoms with E-state index in [0.29, 0.717) is 6.61 Å². The lowest BCUT2D eigenvalue weighted by molar-refractivity contribution is -0.0694. The molecule has 0 amide bonds. The van der Waals surface area contributed by atoms with E-state index >= 15 is 0 Å². The van der Waals surface area contributed by atoms with Gasteiger partial charge < -0.3 is 24.4 Å². The SMILES string of the molecule is CCCCCOC([C@H](CO)OCCCCC)P(=O)(O)O. The van der Waals surface area contributed by atoms with Crippen LogP contribution in [0, 0.1) is 0 Å². The minimum atomic E-state index is -4.46. The average Bonchev–Trinajstić information content (AvgIpc) is 2.39. The summed E-state index contributed by atoms with van der Waals surface area (Å²) >= 11 is 0. The molecule has 2 atom stereocenters. The van der Waals surface area contributed by atoms with Gasteiger partial charge in [0, 0.05) is 13.2 Å². The Bertz CT molecular complexity index is 268. The molecule has 0 spiro atoms. The minimum absolute atomic E-state index is 0.262. The quantitative estimate of drug-likeness (QED) is 0.356. The first kappa shape index (κ1) is 20.0. The Kier molecular flexibility index (Phi) is 11.7. The lowest BCUT2D eigenvalue weighted by atomic mass is 10.2. The molecule has 0 heterocycles. The van der Waals surface area contributed by atoms with Crippen molar-refractivity contribution < 1.29 is 28.9 Å². The van der Waals surface area contributed by atoms with Crippen LogP contribution in [0.1, 0.15) is 52.4 Å². The molecular formula is C13H29O6P. The van der Waals surface area contributed by atoms with E-state index in [1.807, 2.05) is 6.92 Å². The van der Waals surface area contributed by atoms with Gasteiger partial charge in [0.15, 0.2) is 5.85 Å². The summed E-state index contributed by atoms with van der Waals surface area (Å²) in [5, 5.41) is 9.27. The highest BCUT2D eigenvalue weighted by molar-refractivity contribution is 7.52. The number of ether oxygens (including phenoxy) is 2. The second-order valence-corrected chi connectivity index (χ2v) is 6.54. The van der Waals surface area contributed by atoms with Crippen molar-refractivity contribution in [2.45, 2.75) is 64.3 Å². The summed E-state index contributed by atoms with van der Waals surface area (Å²) in [6.45, 7) is 4.26. The summed E-state index contributed by atoms with van der Waals surface area (Å²) < 4.78 is 22.1. The molecule has 3 N–H and O–H groups in total. The standard InChI is InChI=1S/C13H29O6P/c1-3-5-7-9-18-12(11-14)13(20(15,16)17)19-10-8-6-4-2/h12-14H,3-11H2,1-2H3,(H2,15,16,17)/t12-,13?/m0/s1. The smallest absolute Gasteiger partial charge is 0.356 e. The van der Waals surface area contributed by atoms with Crippen LogP contribution in [0.3, 0.4) is 0 Å². The van der Waals surface area contributed by atoms with Gasteiger partial charge in [-0.15, -0.1) is 0 Å². The maximum Gasteiger partial charge on any atom is 0.356 e. The molecule has 0 aromatic heterocycles. The topological polar surface area (TPSA) is 96.2 Å². The van der Waals surface area contributed by atoms with Crippen molar-refractivity contribution >= 4 is 7.60 Å². The highest BCUT2D eigenvalue weighted by atomic mass is 31.2. The normalized spacial score (nSPS) is 15.2. The van der Waals surface area contributed by atoms with E-state index in [4.69, 9.17) is 9.47 Å². The second kappa shape index (κ2) is 11.7. The summed E-state index contributed by atoms with van der Waals surface area (Å²) in [5.74, 6) is -1.38. The third kappa shape index (κ3) is 9.06. The lowest BCUT2D eigenvalue weighted by Crippen LogP contribution is -2.35. The first-order valence-electron chi connectivity index (χ1n) is 7.36. The van der Waals surface area contributed by atoms with Crippen LogP contribution < -0.4 is 0 Å². The van der Waals surface area contributed by atoms with Gasteiger partial charge in [-0.2, -0.15) is 0 Å². The van der Waals surface area contributed by atoms with Crippen LogP contribution >= 0.6 is 7.60 Å². The minimum Gasteiger partial charge on any atom is -0.394 e. The predicted molar refractivity (Wildman–Crippen MR) is 77.7 cm³/mol. The van der Waals surface area contributed by atoms with Gasteiger partial charge in [0.25, 0.3) is 0 Å². The summed E-state index contributed by atoms with van der Waals surface area (Å²) in [6.07, 6.45) is 4.51. The molecule has 20 heavy (non-hydrogen) atoms. The van der Waals surface area contributed by atoms with Gasteiger partial charge in [0.05, 0.1) is 6.61 Å². The van der Waals surface area contributed by atoms with Crippen molar-refractivity contribution in [3.05, 3.63) is 0 Å². The van der Waals surface area contributed by atoms with E-state index in [1.54, 1.807) is 0 Å². The zero-order chi connectivity index (χ0) is 15.4. The van der Waals surface area contributed by atoms with Crippen LogP contribution in [0.15, 0.2) is 0 Å². The molecule has 0 aromatic rings. The van der Waals surface area contributed by atoms with Crippen molar-refractivity contribution in [1.82, 2.24) is 0 Å². The molecule has 7 heteroatoms. The Hall–Kier alpha value is 0.0300. The predicted octanol–water partition coefficient (Wildman–Crippen LogP) is 2.26. The molecule has 0 bridgehead atoms. The number of hydrogen-bond donors (Lipinski definition) is 3. The lowest BCUT2D eigenvalue weighted by Gasteiger charge is -2.26. The van der Waals surface area contributed by atoms with E-state index in [9.17, 15) is 19.5 Å². The Morgan fingerprint density at radius 1 is 0.950 bits per heavy atom. The van der Waals surface area contributed by atoms with E-state index in [0.717, 1.165) is 38.5 Å². The Morgan fingerprint density at radius 2 is 1.45 bits per heavy atom. The molecule has 0 saturated carbocycles. The van der Waals surface area contributed by atoms with Crippen molar-refractivity contribution in [3.63, 3.8) is 0 Å². The average molecular weight is 312 g/mol. The van der Waals surface area contributed by atoms with Crippen molar-refractivity contribution in [2.24, 2.45) is 0 Å². The molecule has 0 radical (unpaired) electrons. The molecule has 0 rings (SSSR count). The highest BCUT2D eigenvalue weighted by Gasteiger charge is 2.37. The molecule has 122 valence electrons. The monoisotopic (exact) mass is 312 g/mol. The van der Waals surface area contributed by atoms with Gasteiger partial charge in [-0.25, -0.2) is 0 Å². The highest BCUT2D eigenvalue weighted by Crippen LogP contribution is 2.44. The van der Waals surface area contributed by atoms with Crippen LogP contribution in [0.4, 0.5) is 0 Å². The van der Waals surface area contributed by atoms with E-state index in [1.165, 1.54) is 0 Å². The van der Waals surface area contributed by atoms with Crippen molar-refractivity contribution in [1.29, 1.82) is 0 Å². The maximum atomic E-state index is 11.5. The van der Waals surface area contributed by atoms with Crippen LogP contribution in [0.25, 0.3) is 0 Å². The molecule has 1 unspecified atom stereocenters. The summed E-state index contributed by atoms with van der Waals surface area (Å²) in [6, 6.07) is 0. The van der Waals surface area contributed by atoms with Crippen LogP contribution in [-0.4, -0.2) is 46.7 Å². The number of rotatable bonds is 13. The molecule has 0 fully saturated rings. The van der Waals surface area contributed by atoms with Gasteiger partial charge in [0.1, 0.15) is 6.10 Å². The zero-order valence-electron chi connectivity index (χ0n) is 12.5. The van der Waals surface area contributed by atoms with Gasteiger partial charge in [0.2, 0.25) is 0 Å². The largest absolute Gasteiger partial charge is 0.394 e. The second-order valence-electron chi connectivity index (χ2n) is 4.86. The van der Waals surface area contributed by atoms with E-state index in [-0.39, 0.29) is 6.61 Å². The van der Waals surface area contributed by atoms with Crippen LogP contribution in [0.5, 0.6) is 0 Å². The number of unbranched alkanes of at least 4 members (excludes halogenated alkanes) is 4. The molecule has 0 saturated heterocycles. The molecule has 6 nitrogen and oxygen atoms in total. The molecular weight excluding hydrogens is 283 g/mol.